The Morgan fingerprint density at radius 2 is 1.25 bits per heavy atom. The summed E-state index contributed by atoms with van der Waals surface area (Å²) in [6.07, 6.45) is 4.12. The van der Waals surface area contributed by atoms with Gasteiger partial charge in [0.25, 0.3) is 0 Å². The van der Waals surface area contributed by atoms with Crippen LogP contribution >= 0.6 is 23.5 Å². The molecule has 0 aromatic heterocycles. The van der Waals surface area contributed by atoms with Crippen molar-refractivity contribution in [3.8, 4) is 0 Å². The van der Waals surface area contributed by atoms with Crippen LogP contribution in [0.1, 0.15) is 27.7 Å². The Hall–Kier alpha value is -0.220. The number of ketones is 2. The van der Waals surface area contributed by atoms with Crippen LogP contribution in [0.5, 0.6) is 0 Å². The Balaban J connectivity index is 3.56. The van der Waals surface area contributed by atoms with Gasteiger partial charge in [0.2, 0.25) is 0 Å². The van der Waals surface area contributed by atoms with E-state index in [1.54, 1.807) is 37.4 Å². The molecule has 4 heteroatoms. The predicted molar refractivity (Wildman–Crippen MR) is 74.3 cm³/mol. The minimum Gasteiger partial charge on any atom is -0.299 e. The maximum absolute atomic E-state index is 10.9. The number of carbonyl (C=O) groups is 2. The first-order valence-corrected chi connectivity index (χ1v) is 7.44. The van der Waals surface area contributed by atoms with E-state index in [1.165, 1.54) is 0 Å². The third kappa shape index (κ3) is 7.99. The Morgan fingerprint density at radius 3 is 1.50 bits per heavy atom. The molecule has 92 valence electrons. The summed E-state index contributed by atoms with van der Waals surface area (Å²) in [6, 6.07) is 0. The van der Waals surface area contributed by atoms with E-state index < -0.39 is 0 Å². The van der Waals surface area contributed by atoms with Crippen LogP contribution in [-0.4, -0.2) is 33.6 Å². The van der Waals surface area contributed by atoms with E-state index in [0.717, 1.165) is 11.5 Å². The molecule has 0 aliphatic rings. The monoisotopic (exact) mass is 260 g/mol. The molecule has 0 aromatic rings. The average Bonchev–Trinajstić information content (AvgIpc) is 2.21. The van der Waals surface area contributed by atoms with Gasteiger partial charge in [-0.15, -0.1) is 23.5 Å². The number of rotatable bonds is 8. The van der Waals surface area contributed by atoms with Gasteiger partial charge in [0.1, 0.15) is 11.6 Å². The molecule has 0 amide bonds. The standard InChI is InChI=1S/C12H20O2S2/c1-9(13)11(3)15-7-5-6-8-16-12(4)10(2)14/h5-6,11-12H,7-8H2,1-4H3/b6-5+. The van der Waals surface area contributed by atoms with Gasteiger partial charge in [-0.3, -0.25) is 9.59 Å². The fraction of sp³-hybridized carbons (Fsp3) is 0.667. The molecule has 0 radical (unpaired) electrons. The molecule has 0 aliphatic carbocycles. The highest BCUT2D eigenvalue weighted by Crippen LogP contribution is 2.13. The fourth-order valence-electron chi connectivity index (χ4n) is 0.771. The van der Waals surface area contributed by atoms with E-state index in [1.807, 2.05) is 13.8 Å². The molecule has 2 unspecified atom stereocenters. The second kappa shape index (κ2) is 8.88. The van der Waals surface area contributed by atoms with Crippen LogP contribution in [0.2, 0.25) is 0 Å². The van der Waals surface area contributed by atoms with Crippen molar-refractivity contribution in [2.45, 2.75) is 38.2 Å². The minimum absolute atomic E-state index is 0.0773. The topological polar surface area (TPSA) is 34.1 Å². The lowest BCUT2D eigenvalue weighted by molar-refractivity contribution is -0.117. The predicted octanol–water partition coefficient (Wildman–Crippen LogP) is 2.96. The second-order valence-corrected chi connectivity index (χ2v) is 6.39. The van der Waals surface area contributed by atoms with E-state index >= 15 is 0 Å². The smallest absolute Gasteiger partial charge is 0.142 e. The molecule has 0 aromatic carbocycles. The molecule has 0 spiro atoms. The highest BCUT2D eigenvalue weighted by molar-refractivity contribution is 8.01. The Bertz CT molecular complexity index is 236. The van der Waals surface area contributed by atoms with Crippen molar-refractivity contribution in [1.29, 1.82) is 0 Å². The SMILES string of the molecule is CC(=O)C(C)SC/C=C/CSC(C)C(C)=O. The highest BCUT2D eigenvalue weighted by Gasteiger charge is 2.06. The summed E-state index contributed by atoms with van der Waals surface area (Å²) in [6.45, 7) is 7.08. The molecule has 0 bridgehead atoms. The van der Waals surface area contributed by atoms with Crippen LogP contribution in [0.3, 0.4) is 0 Å². The first-order valence-electron chi connectivity index (χ1n) is 5.34. The highest BCUT2D eigenvalue weighted by atomic mass is 32.2. The molecule has 16 heavy (non-hydrogen) atoms. The van der Waals surface area contributed by atoms with Gasteiger partial charge in [-0.1, -0.05) is 12.2 Å². The van der Waals surface area contributed by atoms with E-state index in [9.17, 15) is 9.59 Å². The molecular formula is C12H20O2S2. The molecule has 0 rings (SSSR count). The van der Waals surface area contributed by atoms with E-state index in [2.05, 4.69) is 12.2 Å². The summed E-state index contributed by atoms with van der Waals surface area (Å²) in [7, 11) is 0. The van der Waals surface area contributed by atoms with Crippen LogP contribution in [0.25, 0.3) is 0 Å². The van der Waals surface area contributed by atoms with Crippen LogP contribution in [0.4, 0.5) is 0 Å². The summed E-state index contributed by atoms with van der Waals surface area (Å²) >= 11 is 3.27. The van der Waals surface area contributed by atoms with Gasteiger partial charge < -0.3 is 0 Å². The van der Waals surface area contributed by atoms with E-state index in [-0.39, 0.29) is 22.1 Å². The van der Waals surface area contributed by atoms with Gasteiger partial charge in [-0.05, 0) is 27.7 Å². The maximum atomic E-state index is 10.9. The van der Waals surface area contributed by atoms with Gasteiger partial charge in [-0.25, -0.2) is 0 Å². The Kier molecular flexibility index (Phi) is 8.76. The van der Waals surface area contributed by atoms with Crippen molar-refractivity contribution < 1.29 is 9.59 Å². The summed E-state index contributed by atoms with van der Waals surface area (Å²) in [5.41, 5.74) is 0. The molecule has 2 atom stereocenters. The fourth-order valence-corrected chi connectivity index (χ4v) is 2.31. The summed E-state index contributed by atoms with van der Waals surface area (Å²) < 4.78 is 0. The minimum atomic E-state index is 0.0773. The normalized spacial score (nSPS) is 15.0. The molecule has 0 aliphatic heterocycles. The molecule has 0 saturated carbocycles. The summed E-state index contributed by atoms with van der Waals surface area (Å²) in [5, 5.41) is 0.155. The first-order chi connectivity index (χ1) is 7.45. The van der Waals surface area contributed by atoms with Gasteiger partial charge >= 0.3 is 0 Å². The van der Waals surface area contributed by atoms with E-state index in [4.69, 9.17) is 0 Å². The zero-order valence-electron chi connectivity index (χ0n) is 10.4. The quantitative estimate of drug-likeness (QED) is 0.628. The number of thioether (sulfide) groups is 2. The lowest BCUT2D eigenvalue weighted by Crippen LogP contribution is -2.08. The average molecular weight is 260 g/mol. The lowest BCUT2D eigenvalue weighted by atomic mass is 10.3. The van der Waals surface area contributed by atoms with E-state index in [0.29, 0.717) is 0 Å². The number of carbonyl (C=O) groups excluding carboxylic acids is 2. The van der Waals surface area contributed by atoms with Crippen LogP contribution in [0, 0.1) is 0 Å². The van der Waals surface area contributed by atoms with Crippen LogP contribution < -0.4 is 0 Å². The van der Waals surface area contributed by atoms with Gasteiger partial charge in [0.15, 0.2) is 0 Å². The Morgan fingerprint density at radius 1 is 0.938 bits per heavy atom. The number of hydrogen-bond acceptors (Lipinski definition) is 4. The first kappa shape index (κ1) is 15.8. The van der Waals surface area contributed by atoms with Crippen LogP contribution in [0.15, 0.2) is 12.2 Å². The molecule has 0 N–H and O–H groups in total. The molecule has 0 heterocycles. The van der Waals surface area contributed by atoms with Crippen molar-refractivity contribution in [1.82, 2.24) is 0 Å². The van der Waals surface area contributed by atoms with Gasteiger partial charge in [0, 0.05) is 11.5 Å². The van der Waals surface area contributed by atoms with Crippen molar-refractivity contribution >= 4 is 35.1 Å². The third-order valence-electron chi connectivity index (χ3n) is 2.20. The maximum Gasteiger partial charge on any atom is 0.142 e. The summed E-state index contributed by atoms with van der Waals surface area (Å²) in [5.74, 6) is 2.15. The lowest BCUT2D eigenvalue weighted by Gasteiger charge is -2.05. The van der Waals surface area contributed by atoms with Crippen molar-refractivity contribution in [2.75, 3.05) is 11.5 Å². The largest absolute Gasteiger partial charge is 0.299 e. The number of hydrogen-bond donors (Lipinski definition) is 0. The third-order valence-corrected chi connectivity index (χ3v) is 4.63. The van der Waals surface area contributed by atoms with Crippen molar-refractivity contribution in [2.24, 2.45) is 0 Å². The number of Topliss-reactive ketones (excluding diaryl/α,β-unsaturated/α-hetero) is 2. The molecule has 2 nitrogen and oxygen atoms in total. The second-order valence-electron chi connectivity index (χ2n) is 3.64. The van der Waals surface area contributed by atoms with Gasteiger partial charge in [0.05, 0.1) is 10.5 Å². The van der Waals surface area contributed by atoms with Crippen molar-refractivity contribution in [3.63, 3.8) is 0 Å². The zero-order valence-corrected chi connectivity index (χ0v) is 12.0. The Labute approximate surface area is 107 Å². The van der Waals surface area contributed by atoms with Gasteiger partial charge in [-0.2, -0.15) is 0 Å². The summed E-state index contributed by atoms with van der Waals surface area (Å²) in [4.78, 5) is 21.9. The van der Waals surface area contributed by atoms with Crippen LogP contribution in [-0.2, 0) is 9.59 Å². The molecule has 0 fully saturated rings. The van der Waals surface area contributed by atoms with Crippen molar-refractivity contribution in [3.05, 3.63) is 12.2 Å². The zero-order chi connectivity index (χ0) is 12.6. The molecule has 0 saturated heterocycles. The molecular weight excluding hydrogens is 240 g/mol.